The van der Waals surface area contributed by atoms with Crippen LogP contribution >= 0.6 is 0 Å². The number of hydrogen-bond acceptors (Lipinski definition) is 4. The fourth-order valence-corrected chi connectivity index (χ4v) is 3.55. The van der Waals surface area contributed by atoms with Crippen molar-refractivity contribution in [3.8, 4) is 11.5 Å². The molecule has 6 heteroatoms. The predicted molar refractivity (Wildman–Crippen MR) is 141 cm³/mol. The molecule has 0 aliphatic rings. The minimum atomic E-state index is -0.246. The Morgan fingerprint density at radius 3 is 1.75 bits per heavy atom. The van der Waals surface area contributed by atoms with Gasteiger partial charge in [-0.25, -0.2) is 0 Å². The van der Waals surface area contributed by atoms with Crippen molar-refractivity contribution in [3.05, 3.63) is 126 Å². The van der Waals surface area contributed by atoms with E-state index in [2.05, 4.69) is 10.6 Å². The maximum absolute atomic E-state index is 12.6. The summed E-state index contributed by atoms with van der Waals surface area (Å²) in [5.74, 6) is 1.03. The van der Waals surface area contributed by atoms with Crippen LogP contribution in [-0.2, 0) is 0 Å². The van der Waals surface area contributed by atoms with Crippen LogP contribution in [0.25, 0.3) is 0 Å². The largest absolute Gasteiger partial charge is 0.490 e. The van der Waals surface area contributed by atoms with Crippen molar-refractivity contribution in [2.24, 2.45) is 0 Å². The predicted octanol–water partition coefficient (Wildman–Crippen LogP) is 5.89. The smallest absolute Gasteiger partial charge is 0.255 e. The lowest BCUT2D eigenvalue weighted by Gasteiger charge is -2.14. The Morgan fingerprint density at radius 1 is 0.639 bits per heavy atom. The number of benzene rings is 4. The van der Waals surface area contributed by atoms with Gasteiger partial charge in [0.25, 0.3) is 11.8 Å². The Kier molecular flexibility index (Phi) is 8.33. The van der Waals surface area contributed by atoms with Gasteiger partial charge in [0.1, 0.15) is 24.7 Å². The number of para-hydroxylation sites is 1. The third-order valence-corrected chi connectivity index (χ3v) is 5.53. The molecule has 0 fully saturated rings. The van der Waals surface area contributed by atoms with Gasteiger partial charge in [0.05, 0.1) is 6.04 Å². The first kappa shape index (κ1) is 24.5. The summed E-state index contributed by atoms with van der Waals surface area (Å²) in [5, 5.41) is 5.83. The molecule has 36 heavy (non-hydrogen) atoms. The van der Waals surface area contributed by atoms with E-state index in [-0.39, 0.29) is 17.9 Å². The molecule has 2 amide bonds. The number of ether oxygens (including phenoxy) is 2. The first-order chi connectivity index (χ1) is 17.6. The molecule has 4 aromatic carbocycles. The van der Waals surface area contributed by atoms with Crippen LogP contribution in [0.4, 0.5) is 5.69 Å². The van der Waals surface area contributed by atoms with E-state index >= 15 is 0 Å². The summed E-state index contributed by atoms with van der Waals surface area (Å²) in [4.78, 5) is 25.2. The minimum Gasteiger partial charge on any atom is -0.490 e. The van der Waals surface area contributed by atoms with Crippen molar-refractivity contribution in [2.75, 3.05) is 18.5 Å². The maximum Gasteiger partial charge on any atom is 0.255 e. The van der Waals surface area contributed by atoms with Gasteiger partial charge in [-0.3, -0.25) is 9.59 Å². The minimum absolute atomic E-state index is 0.110. The van der Waals surface area contributed by atoms with Gasteiger partial charge in [0.15, 0.2) is 0 Å². The van der Waals surface area contributed by atoms with E-state index in [1.165, 1.54) is 0 Å². The van der Waals surface area contributed by atoms with E-state index in [9.17, 15) is 9.59 Å². The highest BCUT2D eigenvalue weighted by atomic mass is 16.5. The third kappa shape index (κ3) is 6.96. The van der Waals surface area contributed by atoms with Crippen molar-refractivity contribution < 1.29 is 19.1 Å². The van der Waals surface area contributed by atoms with Gasteiger partial charge >= 0.3 is 0 Å². The SMILES string of the molecule is CC(NC(=O)c1ccc(NC(=O)c2ccc(OCCOc3ccccc3)cc2)cc1)c1ccccc1. The van der Waals surface area contributed by atoms with E-state index in [0.29, 0.717) is 35.8 Å². The third-order valence-electron chi connectivity index (χ3n) is 5.53. The number of nitrogens with one attached hydrogen (secondary N) is 2. The zero-order valence-corrected chi connectivity index (χ0v) is 20.0. The van der Waals surface area contributed by atoms with E-state index in [4.69, 9.17) is 9.47 Å². The molecular weight excluding hydrogens is 452 g/mol. The molecule has 0 aromatic heterocycles. The number of carbonyl (C=O) groups excluding carboxylic acids is 2. The maximum atomic E-state index is 12.6. The Balaban J connectivity index is 1.24. The van der Waals surface area contributed by atoms with Crippen LogP contribution < -0.4 is 20.1 Å². The Hall–Kier alpha value is -4.58. The van der Waals surface area contributed by atoms with Gasteiger partial charge in [-0.2, -0.15) is 0 Å². The van der Waals surface area contributed by atoms with Gasteiger partial charge in [0.2, 0.25) is 0 Å². The average molecular weight is 481 g/mol. The van der Waals surface area contributed by atoms with Gasteiger partial charge < -0.3 is 20.1 Å². The molecule has 0 bridgehead atoms. The second-order valence-electron chi connectivity index (χ2n) is 8.17. The van der Waals surface area contributed by atoms with Crippen molar-refractivity contribution >= 4 is 17.5 Å². The van der Waals surface area contributed by atoms with Crippen molar-refractivity contribution in [1.29, 1.82) is 0 Å². The molecule has 1 unspecified atom stereocenters. The lowest BCUT2D eigenvalue weighted by molar-refractivity contribution is 0.0939. The van der Waals surface area contributed by atoms with Crippen LogP contribution in [0.2, 0.25) is 0 Å². The fraction of sp³-hybridized carbons (Fsp3) is 0.133. The highest BCUT2D eigenvalue weighted by Crippen LogP contribution is 2.17. The quantitative estimate of drug-likeness (QED) is 0.278. The molecule has 0 heterocycles. The Bertz CT molecular complexity index is 1260. The number of hydrogen-bond donors (Lipinski definition) is 2. The Labute approximate surface area is 210 Å². The van der Waals surface area contributed by atoms with Gasteiger partial charge in [-0.05, 0) is 73.2 Å². The topological polar surface area (TPSA) is 76.7 Å². The zero-order valence-electron chi connectivity index (χ0n) is 20.0. The summed E-state index contributed by atoms with van der Waals surface area (Å²) < 4.78 is 11.3. The van der Waals surface area contributed by atoms with E-state index in [1.54, 1.807) is 48.5 Å². The molecule has 0 saturated carbocycles. The second-order valence-corrected chi connectivity index (χ2v) is 8.17. The number of amides is 2. The molecule has 0 aliphatic carbocycles. The molecule has 1 atom stereocenters. The second kappa shape index (κ2) is 12.2. The molecule has 4 rings (SSSR count). The number of carbonyl (C=O) groups is 2. The van der Waals surface area contributed by atoms with Crippen LogP contribution in [0.3, 0.4) is 0 Å². The van der Waals surface area contributed by atoms with Crippen LogP contribution in [0, 0.1) is 0 Å². The monoisotopic (exact) mass is 480 g/mol. The lowest BCUT2D eigenvalue weighted by atomic mass is 10.1. The van der Waals surface area contributed by atoms with Crippen molar-refractivity contribution in [2.45, 2.75) is 13.0 Å². The van der Waals surface area contributed by atoms with Gasteiger partial charge in [-0.1, -0.05) is 48.5 Å². The van der Waals surface area contributed by atoms with Crippen LogP contribution in [0.15, 0.2) is 109 Å². The summed E-state index contributed by atoms with van der Waals surface area (Å²) in [7, 11) is 0. The number of anilines is 1. The van der Waals surface area contributed by atoms with Gasteiger partial charge in [0, 0.05) is 16.8 Å². The van der Waals surface area contributed by atoms with Crippen LogP contribution in [-0.4, -0.2) is 25.0 Å². The zero-order chi connectivity index (χ0) is 25.2. The van der Waals surface area contributed by atoms with Crippen LogP contribution in [0.1, 0.15) is 39.2 Å². The summed E-state index contributed by atoms with van der Waals surface area (Å²) in [5.41, 5.74) is 2.66. The Morgan fingerprint density at radius 2 is 1.14 bits per heavy atom. The fourth-order valence-electron chi connectivity index (χ4n) is 3.55. The van der Waals surface area contributed by atoms with Gasteiger partial charge in [-0.15, -0.1) is 0 Å². The highest BCUT2D eigenvalue weighted by molar-refractivity contribution is 6.04. The number of rotatable bonds is 10. The molecule has 0 spiro atoms. The molecule has 182 valence electrons. The lowest BCUT2D eigenvalue weighted by Crippen LogP contribution is -2.26. The highest BCUT2D eigenvalue weighted by Gasteiger charge is 2.12. The molecule has 0 saturated heterocycles. The molecule has 2 N–H and O–H groups in total. The molecule has 0 aliphatic heterocycles. The normalized spacial score (nSPS) is 11.2. The molecule has 4 aromatic rings. The van der Waals surface area contributed by atoms with Crippen LogP contribution in [0.5, 0.6) is 11.5 Å². The average Bonchev–Trinajstić information content (AvgIpc) is 2.93. The summed E-state index contributed by atoms with van der Waals surface area (Å²) >= 11 is 0. The standard InChI is InChI=1S/C30H28N2O4/c1-22(23-8-4-2-5-9-23)31-29(33)24-12-16-26(17-13-24)32-30(34)25-14-18-28(19-15-25)36-21-20-35-27-10-6-3-7-11-27/h2-19,22H,20-21H2,1H3,(H,31,33)(H,32,34). The van der Waals surface area contributed by atoms with E-state index < -0.39 is 0 Å². The van der Waals surface area contributed by atoms with Crippen molar-refractivity contribution in [1.82, 2.24) is 5.32 Å². The van der Waals surface area contributed by atoms with Crippen molar-refractivity contribution in [3.63, 3.8) is 0 Å². The van der Waals surface area contributed by atoms with E-state index in [1.807, 2.05) is 67.6 Å². The first-order valence-corrected chi connectivity index (χ1v) is 11.8. The molecular formula is C30H28N2O4. The summed E-state index contributed by atoms with van der Waals surface area (Å²) in [6, 6.07) is 32.9. The summed E-state index contributed by atoms with van der Waals surface area (Å²) in [6.45, 7) is 2.76. The first-order valence-electron chi connectivity index (χ1n) is 11.8. The van der Waals surface area contributed by atoms with E-state index in [0.717, 1.165) is 11.3 Å². The molecule has 6 nitrogen and oxygen atoms in total. The molecule has 0 radical (unpaired) electrons. The summed E-state index contributed by atoms with van der Waals surface area (Å²) in [6.07, 6.45) is 0.